The molecule has 0 spiro atoms. The van der Waals surface area contributed by atoms with E-state index in [0.717, 1.165) is 17.3 Å². The first kappa shape index (κ1) is 18.5. The minimum atomic E-state index is -0.368. The van der Waals surface area contributed by atoms with E-state index in [4.69, 9.17) is 10.5 Å². The third-order valence-corrected chi connectivity index (χ3v) is 3.84. The van der Waals surface area contributed by atoms with Crippen molar-refractivity contribution < 1.29 is 14.3 Å². The number of ether oxygens (including phenoxy) is 1. The molecule has 0 fully saturated rings. The Balaban J connectivity index is 1.85. The van der Waals surface area contributed by atoms with Gasteiger partial charge in [-0.2, -0.15) is 0 Å². The normalized spacial score (nSPS) is 10.3. The van der Waals surface area contributed by atoms with E-state index in [9.17, 15) is 14.4 Å². The predicted octanol–water partition coefficient (Wildman–Crippen LogP) is 1.19. The Morgan fingerprint density at radius 3 is 2.68 bits per heavy atom. The van der Waals surface area contributed by atoms with Gasteiger partial charge in [0.2, 0.25) is 5.91 Å². The van der Waals surface area contributed by atoms with Crippen LogP contribution in [0, 0.1) is 0 Å². The van der Waals surface area contributed by atoms with Crippen LogP contribution in [0.15, 0.2) is 40.3 Å². The Kier molecular flexibility index (Phi) is 6.58. The number of benzene rings is 1. The quantitative estimate of drug-likeness (QED) is 0.383. The molecule has 0 aliphatic rings. The number of nitrogens with zero attached hydrogens (tertiary/aromatic N) is 1. The molecule has 0 atom stereocenters. The van der Waals surface area contributed by atoms with Crippen LogP contribution in [0.4, 0.5) is 11.5 Å². The molecule has 1 heterocycles. The second-order valence-electron chi connectivity index (χ2n) is 4.99. The average molecular weight is 362 g/mol. The number of anilines is 2. The van der Waals surface area contributed by atoms with Crippen molar-refractivity contribution in [3.63, 3.8) is 0 Å². The number of nitrogen functional groups attached to an aromatic ring is 1. The second kappa shape index (κ2) is 8.88. The minimum Gasteiger partial charge on any atom is -0.466 e. The van der Waals surface area contributed by atoms with Crippen molar-refractivity contribution in [1.29, 1.82) is 0 Å². The number of carbonyl (C=O) groups is 2. The fourth-order valence-corrected chi connectivity index (χ4v) is 2.62. The summed E-state index contributed by atoms with van der Waals surface area (Å²) in [5, 5.41) is 3.00. The SMILES string of the molecule is CCOC(=O)Cc1ccc(NC(=O)CSc2nc(N)cc(=O)[nH]2)cc1. The van der Waals surface area contributed by atoms with Gasteiger partial charge < -0.3 is 20.8 Å². The molecule has 0 aliphatic heterocycles. The van der Waals surface area contributed by atoms with Crippen molar-refractivity contribution in [3.05, 3.63) is 46.2 Å². The number of hydrogen-bond acceptors (Lipinski definition) is 7. The molecular formula is C16H18N4O4S. The van der Waals surface area contributed by atoms with Crippen LogP contribution in [0.1, 0.15) is 12.5 Å². The highest BCUT2D eigenvalue weighted by Crippen LogP contribution is 2.14. The van der Waals surface area contributed by atoms with E-state index >= 15 is 0 Å². The molecule has 9 heteroatoms. The lowest BCUT2D eigenvalue weighted by molar-refractivity contribution is -0.142. The van der Waals surface area contributed by atoms with Crippen molar-refractivity contribution in [3.8, 4) is 0 Å². The molecular weight excluding hydrogens is 344 g/mol. The average Bonchev–Trinajstić information content (AvgIpc) is 2.54. The van der Waals surface area contributed by atoms with Crippen molar-refractivity contribution in [2.75, 3.05) is 23.4 Å². The summed E-state index contributed by atoms with van der Waals surface area (Å²) >= 11 is 1.07. The molecule has 0 radical (unpaired) electrons. The third kappa shape index (κ3) is 6.30. The smallest absolute Gasteiger partial charge is 0.310 e. The maximum atomic E-state index is 11.9. The zero-order chi connectivity index (χ0) is 18.2. The molecule has 0 bridgehead atoms. The Bertz CT molecular complexity index is 805. The van der Waals surface area contributed by atoms with Crippen LogP contribution >= 0.6 is 11.8 Å². The molecule has 0 unspecified atom stereocenters. The predicted molar refractivity (Wildman–Crippen MR) is 95.4 cm³/mol. The van der Waals surface area contributed by atoms with Crippen LogP contribution in [-0.2, 0) is 20.7 Å². The number of amides is 1. The van der Waals surface area contributed by atoms with E-state index in [-0.39, 0.29) is 40.6 Å². The van der Waals surface area contributed by atoms with Crippen molar-refractivity contribution >= 4 is 35.1 Å². The van der Waals surface area contributed by atoms with Gasteiger partial charge in [0, 0.05) is 11.8 Å². The molecule has 1 aromatic carbocycles. The molecule has 1 amide bonds. The summed E-state index contributed by atoms with van der Waals surface area (Å²) in [5.41, 5.74) is 6.51. The zero-order valence-corrected chi connectivity index (χ0v) is 14.4. The van der Waals surface area contributed by atoms with Crippen LogP contribution in [0.2, 0.25) is 0 Å². The van der Waals surface area contributed by atoms with Crippen molar-refractivity contribution in [2.24, 2.45) is 0 Å². The van der Waals surface area contributed by atoms with E-state index < -0.39 is 0 Å². The monoisotopic (exact) mass is 362 g/mol. The van der Waals surface area contributed by atoms with E-state index in [0.29, 0.717) is 12.3 Å². The number of thioether (sulfide) groups is 1. The highest BCUT2D eigenvalue weighted by molar-refractivity contribution is 7.99. The first-order valence-electron chi connectivity index (χ1n) is 7.50. The Labute approximate surface area is 148 Å². The molecule has 4 N–H and O–H groups in total. The fraction of sp³-hybridized carbons (Fsp3) is 0.250. The summed E-state index contributed by atoms with van der Waals surface area (Å²) in [6.45, 7) is 2.10. The van der Waals surface area contributed by atoms with Gasteiger partial charge in [0.05, 0.1) is 18.8 Å². The minimum absolute atomic E-state index is 0.0664. The first-order valence-corrected chi connectivity index (χ1v) is 8.49. The number of aromatic amines is 1. The molecule has 0 saturated heterocycles. The second-order valence-corrected chi connectivity index (χ2v) is 5.96. The summed E-state index contributed by atoms with van der Waals surface area (Å²) in [6, 6.07) is 8.07. The van der Waals surface area contributed by atoms with Gasteiger partial charge in [0.1, 0.15) is 5.82 Å². The number of esters is 1. The molecule has 25 heavy (non-hydrogen) atoms. The van der Waals surface area contributed by atoms with Gasteiger partial charge in [-0.1, -0.05) is 23.9 Å². The van der Waals surface area contributed by atoms with E-state index in [1.54, 1.807) is 31.2 Å². The van der Waals surface area contributed by atoms with Gasteiger partial charge in [-0.15, -0.1) is 0 Å². The van der Waals surface area contributed by atoms with Gasteiger partial charge in [-0.3, -0.25) is 14.4 Å². The number of nitrogens with two attached hydrogens (primary N) is 1. The number of H-pyrrole nitrogens is 1. The summed E-state index contributed by atoms with van der Waals surface area (Å²) in [5.74, 6) is -0.381. The standard InChI is InChI=1S/C16H18N4O4S/c1-2-24-15(23)7-10-3-5-11(6-4-10)18-14(22)9-25-16-19-12(17)8-13(21)20-16/h3-6,8H,2,7,9H2,1H3,(H,18,22)(H3,17,19,20,21). The lowest BCUT2D eigenvalue weighted by Gasteiger charge is -2.07. The van der Waals surface area contributed by atoms with Crippen molar-refractivity contribution in [1.82, 2.24) is 9.97 Å². The fourth-order valence-electron chi connectivity index (χ4n) is 1.94. The lowest BCUT2D eigenvalue weighted by atomic mass is 10.1. The number of hydrogen-bond donors (Lipinski definition) is 3. The molecule has 0 saturated carbocycles. The maximum absolute atomic E-state index is 11.9. The maximum Gasteiger partial charge on any atom is 0.310 e. The summed E-state index contributed by atoms with van der Waals surface area (Å²) < 4.78 is 4.88. The van der Waals surface area contributed by atoms with Gasteiger partial charge in [0.25, 0.3) is 5.56 Å². The number of aromatic nitrogens is 2. The molecule has 132 valence electrons. The number of carbonyl (C=O) groups excluding carboxylic acids is 2. The van der Waals surface area contributed by atoms with Crippen LogP contribution in [0.5, 0.6) is 0 Å². The lowest BCUT2D eigenvalue weighted by Crippen LogP contribution is -2.15. The van der Waals surface area contributed by atoms with Crippen LogP contribution in [-0.4, -0.2) is 34.2 Å². The molecule has 0 aliphatic carbocycles. The highest BCUT2D eigenvalue weighted by Gasteiger charge is 2.07. The number of rotatable bonds is 7. The van der Waals surface area contributed by atoms with Gasteiger partial charge >= 0.3 is 5.97 Å². The summed E-state index contributed by atoms with van der Waals surface area (Å²) in [7, 11) is 0. The van der Waals surface area contributed by atoms with E-state index in [1.165, 1.54) is 6.07 Å². The van der Waals surface area contributed by atoms with Gasteiger partial charge in [0.15, 0.2) is 5.16 Å². The van der Waals surface area contributed by atoms with E-state index in [1.807, 2.05) is 0 Å². The third-order valence-electron chi connectivity index (χ3n) is 2.97. The molecule has 2 aromatic rings. The van der Waals surface area contributed by atoms with Gasteiger partial charge in [-0.05, 0) is 24.6 Å². The Morgan fingerprint density at radius 1 is 1.32 bits per heavy atom. The summed E-state index contributed by atoms with van der Waals surface area (Å²) in [4.78, 5) is 41.1. The van der Waals surface area contributed by atoms with E-state index in [2.05, 4.69) is 15.3 Å². The Morgan fingerprint density at radius 2 is 2.04 bits per heavy atom. The largest absolute Gasteiger partial charge is 0.466 e. The topological polar surface area (TPSA) is 127 Å². The van der Waals surface area contributed by atoms with Crippen molar-refractivity contribution in [2.45, 2.75) is 18.5 Å². The van der Waals surface area contributed by atoms with Crippen LogP contribution in [0.3, 0.4) is 0 Å². The molecule has 8 nitrogen and oxygen atoms in total. The van der Waals surface area contributed by atoms with Gasteiger partial charge in [-0.25, -0.2) is 4.98 Å². The molecule has 1 aromatic heterocycles. The van der Waals surface area contributed by atoms with Crippen LogP contribution in [0.25, 0.3) is 0 Å². The molecule has 2 rings (SSSR count). The number of nitrogens with one attached hydrogen (secondary N) is 2. The zero-order valence-electron chi connectivity index (χ0n) is 13.6. The highest BCUT2D eigenvalue weighted by atomic mass is 32.2. The Hall–Kier alpha value is -2.81. The summed E-state index contributed by atoms with van der Waals surface area (Å²) in [6.07, 6.45) is 0.187. The van der Waals surface area contributed by atoms with Crippen LogP contribution < -0.4 is 16.6 Å². The first-order chi connectivity index (χ1) is 12.0.